The second-order valence-electron chi connectivity index (χ2n) is 5.15. The SMILES string of the molecule is Cc1ccc(C)c(C(Nc2ccccc2C)C(N)=O)c1. The van der Waals surface area contributed by atoms with Gasteiger partial charge in [0, 0.05) is 5.69 Å². The van der Waals surface area contributed by atoms with E-state index in [0.29, 0.717) is 0 Å². The van der Waals surface area contributed by atoms with Crippen molar-refractivity contribution in [3.8, 4) is 0 Å². The van der Waals surface area contributed by atoms with Crippen molar-refractivity contribution in [1.82, 2.24) is 0 Å². The zero-order valence-corrected chi connectivity index (χ0v) is 12.1. The molecule has 0 saturated heterocycles. The minimum Gasteiger partial charge on any atom is -0.370 e. The summed E-state index contributed by atoms with van der Waals surface area (Å²) in [5, 5.41) is 3.26. The predicted molar refractivity (Wildman–Crippen MR) is 82.7 cm³/mol. The fourth-order valence-electron chi connectivity index (χ4n) is 2.26. The molecular weight excluding hydrogens is 248 g/mol. The van der Waals surface area contributed by atoms with Crippen LogP contribution >= 0.6 is 0 Å². The van der Waals surface area contributed by atoms with Crippen LogP contribution in [0.3, 0.4) is 0 Å². The summed E-state index contributed by atoms with van der Waals surface area (Å²) in [7, 11) is 0. The Labute approximate surface area is 119 Å². The molecule has 0 heterocycles. The fourth-order valence-corrected chi connectivity index (χ4v) is 2.26. The highest BCUT2D eigenvalue weighted by Crippen LogP contribution is 2.25. The molecule has 1 amide bonds. The third-order valence-corrected chi connectivity index (χ3v) is 3.48. The van der Waals surface area contributed by atoms with Gasteiger partial charge in [-0.1, -0.05) is 42.0 Å². The van der Waals surface area contributed by atoms with Gasteiger partial charge in [0.25, 0.3) is 0 Å². The number of carbonyl (C=O) groups is 1. The van der Waals surface area contributed by atoms with E-state index < -0.39 is 6.04 Å². The van der Waals surface area contributed by atoms with Gasteiger partial charge >= 0.3 is 0 Å². The molecule has 2 aromatic rings. The number of para-hydroxylation sites is 1. The number of hydrogen-bond acceptors (Lipinski definition) is 2. The van der Waals surface area contributed by atoms with Crippen molar-refractivity contribution in [2.45, 2.75) is 26.8 Å². The average Bonchev–Trinajstić information content (AvgIpc) is 2.40. The van der Waals surface area contributed by atoms with Crippen molar-refractivity contribution in [3.05, 3.63) is 64.7 Å². The Morgan fingerprint density at radius 2 is 1.75 bits per heavy atom. The maximum Gasteiger partial charge on any atom is 0.244 e. The number of hydrogen-bond donors (Lipinski definition) is 2. The minimum absolute atomic E-state index is 0.373. The standard InChI is InChI=1S/C17H20N2O/c1-11-8-9-12(2)14(10-11)16(17(18)20)19-15-7-5-4-6-13(15)3/h4-10,16,19H,1-3H3,(H2,18,20). The van der Waals surface area contributed by atoms with Gasteiger partial charge < -0.3 is 11.1 Å². The molecule has 0 aliphatic rings. The number of anilines is 1. The Morgan fingerprint density at radius 1 is 1.05 bits per heavy atom. The topological polar surface area (TPSA) is 55.1 Å². The van der Waals surface area contributed by atoms with Gasteiger partial charge in [0.1, 0.15) is 6.04 Å². The molecule has 1 atom stereocenters. The lowest BCUT2D eigenvalue weighted by molar-refractivity contribution is -0.118. The second-order valence-corrected chi connectivity index (χ2v) is 5.15. The van der Waals surface area contributed by atoms with E-state index in [-0.39, 0.29) is 5.91 Å². The number of aryl methyl sites for hydroxylation is 3. The van der Waals surface area contributed by atoms with E-state index in [1.165, 1.54) is 0 Å². The van der Waals surface area contributed by atoms with Crippen LogP contribution in [0.1, 0.15) is 28.3 Å². The van der Waals surface area contributed by atoms with E-state index in [1.807, 2.05) is 63.2 Å². The number of nitrogens with two attached hydrogens (primary N) is 1. The number of primary amides is 1. The molecule has 0 aliphatic carbocycles. The number of rotatable bonds is 4. The number of amides is 1. The summed E-state index contributed by atoms with van der Waals surface area (Å²) in [5.41, 5.74) is 10.7. The van der Waals surface area contributed by atoms with Crippen molar-refractivity contribution in [2.24, 2.45) is 5.73 Å². The number of benzene rings is 2. The molecule has 0 fully saturated rings. The largest absolute Gasteiger partial charge is 0.370 e. The van der Waals surface area contributed by atoms with Crippen LogP contribution < -0.4 is 11.1 Å². The molecule has 3 heteroatoms. The van der Waals surface area contributed by atoms with E-state index in [9.17, 15) is 4.79 Å². The Hall–Kier alpha value is -2.29. The third-order valence-electron chi connectivity index (χ3n) is 3.48. The Bertz CT molecular complexity index is 635. The first kappa shape index (κ1) is 14.1. The monoisotopic (exact) mass is 268 g/mol. The molecule has 104 valence electrons. The molecule has 0 saturated carbocycles. The van der Waals surface area contributed by atoms with Crippen LogP contribution in [-0.4, -0.2) is 5.91 Å². The van der Waals surface area contributed by atoms with Gasteiger partial charge in [0.15, 0.2) is 0 Å². The highest BCUT2D eigenvalue weighted by molar-refractivity contribution is 5.85. The van der Waals surface area contributed by atoms with Gasteiger partial charge in [0.2, 0.25) is 5.91 Å². The van der Waals surface area contributed by atoms with Crippen LogP contribution in [0, 0.1) is 20.8 Å². The van der Waals surface area contributed by atoms with Crippen LogP contribution in [-0.2, 0) is 4.79 Å². The molecule has 3 nitrogen and oxygen atoms in total. The van der Waals surface area contributed by atoms with E-state index >= 15 is 0 Å². The summed E-state index contributed by atoms with van der Waals surface area (Å²) >= 11 is 0. The molecule has 0 spiro atoms. The van der Waals surface area contributed by atoms with Gasteiger partial charge in [-0.25, -0.2) is 0 Å². The molecule has 20 heavy (non-hydrogen) atoms. The molecule has 2 aromatic carbocycles. The third kappa shape index (κ3) is 2.99. The first-order chi connectivity index (χ1) is 9.49. The Balaban J connectivity index is 2.40. The fraction of sp³-hybridized carbons (Fsp3) is 0.235. The predicted octanol–water partition coefficient (Wildman–Crippen LogP) is 3.25. The van der Waals surface area contributed by atoms with E-state index in [4.69, 9.17) is 5.73 Å². The molecule has 0 bridgehead atoms. The summed E-state index contributed by atoms with van der Waals surface area (Å²) in [4.78, 5) is 11.8. The number of carbonyl (C=O) groups excluding carboxylic acids is 1. The molecule has 0 aromatic heterocycles. The molecule has 1 unspecified atom stereocenters. The van der Waals surface area contributed by atoms with E-state index in [0.717, 1.165) is 27.9 Å². The second kappa shape index (κ2) is 5.78. The van der Waals surface area contributed by atoms with Gasteiger partial charge in [0.05, 0.1) is 0 Å². The van der Waals surface area contributed by atoms with Crippen molar-refractivity contribution in [1.29, 1.82) is 0 Å². The molecule has 0 radical (unpaired) electrons. The maximum atomic E-state index is 11.8. The first-order valence-electron chi connectivity index (χ1n) is 6.67. The van der Waals surface area contributed by atoms with Crippen LogP contribution in [0.15, 0.2) is 42.5 Å². The van der Waals surface area contributed by atoms with Crippen molar-refractivity contribution in [3.63, 3.8) is 0 Å². The molecule has 3 N–H and O–H groups in total. The smallest absolute Gasteiger partial charge is 0.244 e. The lowest BCUT2D eigenvalue weighted by atomic mass is 9.98. The van der Waals surface area contributed by atoms with Gasteiger partial charge in [-0.3, -0.25) is 4.79 Å². The van der Waals surface area contributed by atoms with Crippen LogP contribution in [0.25, 0.3) is 0 Å². The minimum atomic E-state index is -0.518. The van der Waals surface area contributed by atoms with Crippen molar-refractivity contribution in [2.75, 3.05) is 5.32 Å². The number of nitrogens with one attached hydrogen (secondary N) is 1. The van der Waals surface area contributed by atoms with Crippen LogP contribution in [0.4, 0.5) is 5.69 Å². The Morgan fingerprint density at radius 3 is 2.40 bits per heavy atom. The highest BCUT2D eigenvalue weighted by atomic mass is 16.1. The highest BCUT2D eigenvalue weighted by Gasteiger charge is 2.20. The first-order valence-corrected chi connectivity index (χ1v) is 6.67. The van der Waals surface area contributed by atoms with Crippen molar-refractivity contribution >= 4 is 11.6 Å². The quantitative estimate of drug-likeness (QED) is 0.894. The van der Waals surface area contributed by atoms with Gasteiger partial charge in [-0.15, -0.1) is 0 Å². The molecular formula is C17H20N2O. The lowest BCUT2D eigenvalue weighted by Crippen LogP contribution is -2.28. The molecule has 2 rings (SSSR count). The van der Waals surface area contributed by atoms with E-state index in [1.54, 1.807) is 0 Å². The summed E-state index contributed by atoms with van der Waals surface area (Å²) in [6.07, 6.45) is 0. The summed E-state index contributed by atoms with van der Waals surface area (Å²) in [6.45, 7) is 6.00. The normalized spacial score (nSPS) is 11.9. The van der Waals surface area contributed by atoms with Gasteiger partial charge in [-0.2, -0.15) is 0 Å². The average molecular weight is 268 g/mol. The summed E-state index contributed by atoms with van der Waals surface area (Å²) in [6, 6.07) is 13.4. The Kier molecular flexibility index (Phi) is 4.08. The maximum absolute atomic E-state index is 11.8. The van der Waals surface area contributed by atoms with Crippen LogP contribution in [0.5, 0.6) is 0 Å². The zero-order valence-electron chi connectivity index (χ0n) is 12.1. The van der Waals surface area contributed by atoms with Crippen molar-refractivity contribution < 1.29 is 4.79 Å². The van der Waals surface area contributed by atoms with E-state index in [2.05, 4.69) is 5.32 Å². The van der Waals surface area contributed by atoms with Crippen LogP contribution in [0.2, 0.25) is 0 Å². The summed E-state index contributed by atoms with van der Waals surface area (Å²) in [5.74, 6) is -0.373. The molecule has 0 aliphatic heterocycles. The van der Waals surface area contributed by atoms with Gasteiger partial charge in [-0.05, 0) is 43.5 Å². The lowest BCUT2D eigenvalue weighted by Gasteiger charge is -2.20. The summed E-state index contributed by atoms with van der Waals surface area (Å²) < 4.78 is 0. The zero-order chi connectivity index (χ0) is 14.7.